The molecule has 0 aliphatic carbocycles. The van der Waals surface area contributed by atoms with Crippen LogP contribution in [0.4, 0.5) is 0 Å². The van der Waals surface area contributed by atoms with E-state index in [1.54, 1.807) is 0 Å². The predicted molar refractivity (Wildman–Crippen MR) is 48.2 cm³/mol. The lowest BCUT2D eigenvalue weighted by Crippen LogP contribution is -2.30. The van der Waals surface area contributed by atoms with E-state index >= 15 is 0 Å². The van der Waals surface area contributed by atoms with Crippen LogP contribution in [0.2, 0.25) is 0 Å². The van der Waals surface area contributed by atoms with Crippen molar-refractivity contribution < 1.29 is 14.4 Å². The first-order valence-electron chi connectivity index (χ1n) is 4.16. The van der Waals surface area contributed by atoms with Crippen LogP contribution in [0.15, 0.2) is 0 Å². The number of carbonyl (C=O) groups is 3. The molecule has 0 aliphatic rings. The molecular weight excluding hydrogens is 170 g/mol. The average molecular weight is 185 g/mol. The summed E-state index contributed by atoms with van der Waals surface area (Å²) < 4.78 is 0. The largest absolute Gasteiger partial charge is 0.349 e. The first kappa shape index (κ1) is 11.8. The highest BCUT2D eigenvalue weighted by Crippen LogP contribution is 2.22. The Hall–Kier alpha value is -1.19. The maximum Gasteiger partial charge on any atom is 0.220 e. The Labute approximate surface area is 77.7 Å². The minimum atomic E-state index is -0.325. The number of rotatable bonds is 6. The molecule has 0 aromatic carbocycles. The summed E-state index contributed by atoms with van der Waals surface area (Å²) in [4.78, 5) is 31.3. The van der Waals surface area contributed by atoms with Gasteiger partial charge in [0.1, 0.15) is 12.6 Å². The van der Waals surface area contributed by atoms with Gasteiger partial charge in [0.2, 0.25) is 5.91 Å². The van der Waals surface area contributed by atoms with Crippen LogP contribution < -0.4 is 5.32 Å². The first-order valence-corrected chi connectivity index (χ1v) is 4.16. The molecule has 74 valence electrons. The molecule has 1 amide bonds. The lowest BCUT2D eigenvalue weighted by molar-refractivity contribution is -0.124. The zero-order chi connectivity index (χ0) is 10.3. The van der Waals surface area contributed by atoms with Gasteiger partial charge in [0.25, 0.3) is 0 Å². The molecule has 0 heterocycles. The van der Waals surface area contributed by atoms with E-state index in [9.17, 15) is 14.4 Å². The molecule has 4 nitrogen and oxygen atoms in total. The molecule has 1 N–H and O–H groups in total. The molecule has 0 spiro atoms. The van der Waals surface area contributed by atoms with Crippen LogP contribution in [0.25, 0.3) is 0 Å². The smallest absolute Gasteiger partial charge is 0.220 e. The lowest BCUT2D eigenvalue weighted by Gasteiger charge is -2.20. The minimum absolute atomic E-state index is 0.0377. The Balaban J connectivity index is 3.87. The van der Waals surface area contributed by atoms with Gasteiger partial charge in [-0.25, -0.2) is 0 Å². The van der Waals surface area contributed by atoms with Gasteiger partial charge in [-0.1, -0.05) is 13.8 Å². The molecule has 0 unspecified atom stereocenters. The van der Waals surface area contributed by atoms with E-state index in [2.05, 4.69) is 5.32 Å². The van der Waals surface area contributed by atoms with Crippen molar-refractivity contribution in [3.8, 4) is 0 Å². The van der Waals surface area contributed by atoms with Gasteiger partial charge in [-0.2, -0.15) is 0 Å². The van der Waals surface area contributed by atoms with Crippen molar-refractivity contribution in [3.63, 3.8) is 0 Å². The van der Waals surface area contributed by atoms with E-state index in [0.717, 1.165) is 6.29 Å². The summed E-state index contributed by atoms with van der Waals surface area (Å²) in [6.45, 7) is 3.71. The third-order valence-corrected chi connectivity index (χ3v) is 1.66. The highest BCUT2D eigenvalue weighted by atomic mass is 16.2. The third kappa shape index (κ3) is 6.02. The molecular formula is C9H15NO3. The highest BCUT2D eigenvalue weighted by molar-refractivity contribution is 5.79. The van der Waals surface area contributed by atoms with Crippen molar-refractivity contribution in [2.45, 2.75) is 26.7 Å². The second-order valence-electron chi connectivity index (χ2n) is 3.68. The van der Waals surface area contributed by atoms with Crippen LogP contribution in [-0.4, -0.2) is 25.0 Å². The second kappa shape index (κ2) is 5.45. The second-order valence-corrected chi connectivity index (χ2v) is 3.68. The molecule has 0 rings (SSSR count). The summed E-state index contributed by atoms with van der Waals surface area (Å²) in [6, 6.07) is 0. The molecule has 0 atom stereocenters. The van der Waals surface area contributed by atoms with Gasteiger partial charge in [-0.3, -0.25) is 4.79 Å². The van der Waals surface area contributed by atoms with Crippen LogP contribution in [0.1, 0.15) is 26.7 Å². The number of nitrogens with one attached hydrogen (secondary N) is 1. The summed E-state index contributed by atoms with van der Waals surface area (Å²) in [5, 5.41) is 2.42. The zero-order valence-corrected chi connectivity index (χ0v) is 8.00. The van der Waals surface area contributed by atoms with Crippen LogP contribution in [0, 0.1) is 5.41 Å². The van der Waals surface area contributed by atoms with Crippen molar-refractivity contribution in [3.05, 3.63) is 0 Å². The standard InChI is InChI=1S/C9H15NO3/c1-9(2,3-5-11)7-8(13)10-4-6-12/h5-6H,3-4,7H2,1-2H3,(H,10,13). The number of amides is 1. The average Bonchev–Trinajstić information content (AvgIpc) is 1.99. The number of hydrogen-bond donors (Lipinski definition) is 1. The van der Waals surface area contributed by atoms with Crippen molar-refractivity contribution in [2.24, 2.45) is 5.41 Å². The van der Waals surface area contributed by atoms with Crippen molar-refractivity contribution in [2.75, 3.05) is 6.54 Å². The Morgan fingerprint density at radius 3 is 2.38 bits per heavy atom. The van der Waals surface area contributed by atoms with Crippen LogP contribution in [0.3, 0.4) is 0 Å². The van der Waals surface area contributed by atoms with Crippen molar-refractivity contribution >= 4 is 18.5 Å². The Morgan fingerprint density at radius 1 is 1.31 bits per heavy atom. The van der Waals surface area contributed by atoms with Gasteiger partial charge < -0.3 is 14.9 Å². The van der Waals surface area contributed by atoms with E-state index < -0.39 is 0 Å². The number of carbonyl (C=O) groups excluding carboxylic acids is 3. The maximum atomic E-state index is 11.1. The SMILES string of the molecule is CC(C)(CC=O)CC(=O)NCC=O. The van der Waals surface area contributed by atoms with Crippen molar-refractivity contribution in [1.82, 2.24) is 5.32 Å². The maximum absolute atomic E-state index is 11.1. The van der Waals surface area contributed by atoms with E-state index in [1.165, 1.54) is 0 Å². The summed E-state index contributed by atoms with van der Waals surface area (Å²) in [5.74, 6) is -0.195. The molecule has 0 aromatic heterocycles. The van der Waals surface area contributed by atoms with Gasteiger partial charge in [-0.15, -0.1) is 0 Å². The van der Waals surface area contributed by atoms with Gasteiger partial charge in [0.05, 0.1) is 6.54 Å². The zero-order valence-electron chi connectivity index (χ0n) is 8.00. The van der Waals surface area contributed by atoms with Crippen LogP contribution >= 0.6 is 0 Å². The molecule has 0 radical (unpaired) electrons. The van der Waals surface area contributed by atoms with E-state index in [4.69, 9.17) is 0 Å². The Kier molecular flexibility index (Phi) is 4.96. The van der Waals surface area contributed by atoms with Crippen LogP contribution in [-0.2, 0) is 14.4 Å². The van der Waals surface area contributed by atoms with E-state index in [1.807, 2.05) is 13.8 Å². The fourth-order valence-electron chi connectivity index (χ4n) is 0.950. The lowest BCUT2D eigenvalue weighted by atomic mass is 9.86. The Bertz CT molecular complexity index is 199. The fraction of sp³-hybridized carbons (Fsp3) is 0.667. The number of hydrogen-bond acceptors (Lipinski definition) is 3. The molecule has 0 saturated heterocycles. The minimum Gasteiger partial charge on any atom is -0.349 e. The molecule has 13 heavy (non-hydrogen) atoms. The quantitative estimate of drug-likeness (QED) is 0.605. The monoisotopic (exact) mass is 185 g/mol. The summed E-state index contributed by atoms with van der Waals surface area (Å²) in [6.07, 6.45) is 2.04. The first-order chi connectivity index (χ1) is 6.02. The van der Waals surface area contributed by atoms with Gasteiger partial charge in [0, 0.05) is 12.8 Å². The Morgan fingerprint density at radius 2 is 1.92 bits per heavy atom. The van der Waals surface area contributed by atoms with Gasteiger partial charge in [0.15, 0.2) is 0 Å². The summed E-state index contributed by atoms with van der Waals surface area (Å²) in [5.41, 5.74) is -0.325. The van der Waals surface area contributed by atoms with Crippen LogP contribution in [0.5, 0.6) is 0 Å². The van der Waals surface area contributed by atoms with Gasteiger partial charge in [-0.05, 0) is 5.41 Å². The molecule has 0 aromatic rings. The summed E-state index contributed by atoms with van der Waals surface area (Å²) >= 11 is 0. The van der Waals surface area contributed by atoms with E-state index in [0.29, 0.717) is 12.7 Å². The van der Waals surface area contributed by atoms with Gasteiger partial charge >= 0.3 is 0 Å². The van der Waals surface area contributed by atoms with E-state index in [-0.39, 0.29) is 24.3 Å². The molecule has 4 heteroatoms. The molecule has 0 saturated carbocycles. The molecule has 0 aliphatic heterocycles. The fourth-order valence-corrected chi connectivity index (χ4v) is 0.950. The topological polar surface area (TPSA) is 63.2 Å². The molecule has 0 fully saturated rings. The highest BCUT2D eigenvalue weighted by Gasteiger charge is 2.20. The predicted octanol–water partition coefficient (Wildman–Crippen LogP) is 0.307. The normalized spacial score (nSPS) is 10.6. The summed E-state index contributed by atoms with van der Waals surface area (Å²) in [7, 11) is 0. The van der Waals surface area contributed by atoms with Crippen molar-refractivity contribution in [1.29, 1.82) is 0 Å². The number of aldehydes is 2. The molecule has 0 bridgehead atoms. The third-order valence-electron chi connectivity index (χ3n) is 1.66.